The highest BCUT2D eigenvalue weighted by Gasteiger charge is 2.62. The number of hydrogen-bond acceptors (Lipinski definition) is 3. The van der Waals surface area contributed by atoms with Crippen molar-refractivity contribution in [2.75, 3.05) is 6.61 Å². The van der Waals surface area contributed by atoms with Gasteiger partial charge in [-0.25, -0.2) is 0 Å². The van der Waals surface area contributed by atoms with E-state index in [1.165, 1.54) is 51.4 Å². The van der Waals surface area contributed by atoms with Gasteiger partial charge in [0.15, 0.2) is 8.32 Å². The summed E-state index contributed by atoms with van der Waals surface area (Å²) in [5.41, 5.74) is 0.717. The van der Waals surface area contributed by atoms with Crippen molar-refractivity contribution >= 4 is 8.32 Å². The molecule has 0 spiro atoms. The van der Waals surface area contributed by atoms with Crippen LogP contribution in [0, 0.1) is 52.3 Å². The predicted octanol–water partition coefficient (Wildman–Crippen LogP) is 8.44. The van der Waals surface area contributed by atoms with E-state index in [0.717, 1.165) is 37.7 Å². The van der Waals surface area contributed by atoms with Gasteiger partial charge in [0.2, 0.25) is 0 Å². The van der Waals surface area contributed by atoms with Gasteiger partial charge in [0.1, 0.15) is 0 Å². The lowest BCUT2D eigenvalue weighted by Crippen LogP contribution is -2.54. The van der Waals surface area contributed by atoms with Gasteiger partial charge in [0.05, 0.1) is 12.2 Å². The second-order valence-corrected chi connectivity index (χ2v) is 21.4. The third-order valence-corrected chi connectivity index (χ3v) is 17.8. The minimum Gasteiger partial charge on any atom is -0.417 e. The Labute approximate surface area is 231 Å². The molecule has 0 aliphatic heterocycles. The molecule has 0 heterocycles. The first-order valence-corrected chi connectivity index (χ1v) is 19.0. The first-order chi connectivity index (χ1) is 17.1. The lowest BCUT2D eigenvalue weighted by atomic mass is 9.44. The van der Waals surface area contributed by atoms with E-state index in [2.05, 4.69) is 61.6 Å². The molecule has 0 radical (unpaired) electrons. The van der Waals surface area contributed by atoms with Crippen LogP contribution < -0.4 is 0 Å². The molecular formula is C33H62O3Si. The normalized spacial score (nSPS) is 44.0. The van der Waals surface area contributed by atoms with Crippen molar-refractivity contribution < 1.29 is 14.6 Å². The summed E-state index contributed by atoms with van der Waals surface area (Å²) in [5.74, 6) is 4.65. The SMILES string of the molecule is C[C@H](CCC[C@@H](C)[C@H]1[C@@H](O)C[C@H]2[C@@H]3CC[C@H]4C[C@@H](O)CC[C@]4(C)[C@H]3CC[C@]12C)CO[Si](C)(C)C(C)(C)C. The Kier molecular flexibility index (Phi) is 8.79. The summed E-state index contributed by atoms with van der Waals surface area (Å²) in [4.78, 5) is 0. The molecule has 0 aromatic rings. The second kappa shape index (κ2) is 10.8. The first-order valence-electron chi connectivity index (χ1n) is 16.1. The summed E-state index contributed by atoms with van der Waals surface area (Å²) in [5, 5.41) is 22.1. The van der Waals surface area contributed by atoms with Crippen molar-refractivity contribution in [3.63, 3.8) is 0 Å². The highest BCUT2D eigenvalue weighted by molar-refractivity contribution is 6.74. The van der Waals surface area contributed by atoms with Crippen LogP contribution in [0.3, 0.4) is 0 Å². The van der Waals surface area contributed by atoms with Crippen LogP contribution in [0.2, 0.25) is 18.1 Å². The van der Waals surface area contributed by atoms with Gasteiger partial charge >= 0.3 is 0 Å². The third kappa shape index (κ3) is 5.66. The van der Waals surface area contributed by atoms with Crippen LogP contribution in [0.5, 0.6) is 0 Å². The monoisotopic (exact) mass is 534 g/mol. The molecule has 37 heavy (non-hydrogen) atoms. The van der Waals surface area contributed by atoms with E-state index >= 15 is 0 Å². The quantitative estimate of drug-likeness (QED) is 0.307. The molecule has 4 aliphatic carbocycles. The van der Waals surface area contributed by atoms with Crippen molar-refractivity contribution in [2.24, 2.45) is 52.3 Å². The van der Waals surface area contributed by atoms with Gasteiger partial charge < -0.3 is 14.6 Å². The summed E-state index contributed by atoms with van der Waals surface area (Å²) >= 11 is 0. The third-order valence-electron chi connectivity index (χ3n) is 13.3. The molecule has 0 bridgehead atoms. The Morgan fingerprint density at radius 2 is 1.57 bits per heavy atom. The fraction of sp³-hybridized carbons (Fsp3) is 1.00. The summed E-state index contributed by atoms with van der Waals surface area (Å²) in [6.07, 6.45) is 13.1. The zero-order chi connectivity index (χ0) is 27.4. The molecule has 4 rings (SSSR count). The van der Waals surface area contributed by atoms with Gasteiger partial charge in [-0.2, -0.15) is 0 Å². The Balaban J connectivity index is 1.33. The molecule has 216 valence electrons. The van der Waals surface area contributed by atoms with Gasteiger partial charge in [-0.1, -0.05) is 61.3 Å². The molecule has 2 N–H and O–H groups in total. The maximum Gasteiger partial charge on any atom is 0.191 e. The van der Waals surface area contributed by atoms with Crippen molar-refractivity contribution in [1.82, 2.24) is 0 Å². The minimum absolute atomic E-state index is 0.0663. The van der Waals surface area contributed by atoms with Crippen LogP contribution in [-0.4, -0.2) is 37.3 Å². The van der Waals surface area contributed by atoms with Gasteiger partial charge in [-0.05, 0) is 128 Å². The van der Waals surface area contributed by atoms with E-state index in [9.17, 15) is 10.2 Å². The van der Waals surface area contributed by atoms with E-state index in [-0.39, 0.29) is 17.2 Å². The average Bonchev–Trinajstić information content (AvgIpc) is 3.07. The van der Waals surface area contributed by atoms with Crippen molar-refractivity contribution in [3.05, 3.63) is 0 Å². The van der Waals surface area contributed by atoms with E-state index in [1.807, 2.05) is 0 Å². The predicted molar refractivity (Wildman–Crippen MR) is 158 cm³/mol. The molecular weight excluding hydrogens is 472 g/mol. The fourth-order valence-corrected chi connectivity index (χ4v) is 11.1. The van der Waals surface area contributed by atoms with Crippen LogP contribution in [0.25, 0.3) is 0 Å². The fourth-order valence-electron chi connectivity index (χ4n) is 9.93. The lowest BCUT2D eigenvalue weighted by molar-refractivity contribution is -0.130. The first kappa shape index (κ1) is 30.1. The van der Waals surface area contributed by atoms with Crippen molar-refractivity contribution in [2.45, 2.75) is 149 Å². The molecule has 4 saturated carbocycles. The molecule has 0 amide bonds. The average molecular weight is 535 g/mol. The smallest absolute Gasteiger partial charge is 0.191 e. The largest absolute Gasteiger partial charge is 0.417 e. The van der Waals surface area contributed by atoms with Gasteiger partial charge in [0.25, 0.3) is 0 Å². The van der Waals surface area contributed by atoms with E-state index < -0.39 is 8.32 Å². The zero-order valence-electron chi connectivity index (χ0n) is 26.0. The topological polar surface area (TPSA) is 49.7 Å². The van der Waals surface area contributed by atoms with E-state index in [4.69, 9.17) is 4.43 Å². The molecule has 0 aromatic heterocycles. The number of hydrogen-bond donors (Lipinski definition) is 2. The molecule has 3 nitrogen and oxygen atoms in total. The Hall–Kier alpha value is 0.0969. The van der Waals surface area contributed by atoms with Gasteiger partial charge in [0, 0.05) is 6.61 Å². The zero-order valence-corrected chi connectivity index (χ0v) is 27.0. The van der Waals surface area contributed by atoms with E-state index in [1.54, 1.807) is 0 Å². The minimum atomic E-state index is -1.67. The number of fused-ring (bicyclic) bond motifs is 5. The van der Waals surface area contributed by atoms with Gasteiger partial charge in [-0.3, -0.25) is 0 Å². The number of aliphatic hydroxyl groups is 2. The summed E-state index contributed by atoms with van der Waals surface area (Å²) in [6.45, 7) is 22.6. The summed E-state index contributed by atoms with van der Waals surface area (Å²) in [6, 6.07) is 0. The summed E-state index contributed by atoms with van der Waals surface area (Å²) < 4.78 is 6.50. The highest BCUT2D eigenvalue weighted by Crippen LogP contribution is 2.68. The highest BCUT2D eigenvalue weighted by atomic mass is 28.4. The molecule has 4 aliphatic rings. The van der Waals surface area contributed by atoms with E-state index in [0.29, 0.717) is 40.4 Å². The maximum atomic E-state index is 11.5. The molecule has 0 unspecified atom stereocenters. The van der Waals surface area contributed by atoms with Gasteiger partial charge in [-0.15, -0.1) is 0 Å². The lowest BCUT2D eigenvalue weighted by Gasteiger charge is -2.61. The molecule has 11 atom stereocenters. The molecule has 4 fully saturated rings. The number of rotatable bonds is 8. The summed E-state index contributed by atoms with van der Waals surface area (Å²) in [7, 11) is -1.67. The Morgan fingerprint density at radius 1 is 0.892 bits per heavy atom. The van der Waals surface area contributed by atoms with Crippen LogP contribution in [0.1, 0.15) is 119 Å². The van der Waals surface area contributed by atoms with Crippen LogP contribution in [-0.2, 0) is 4.43 Å². The van der Waals surface area contributed by atoms with Crippen LogP contribution >= 0.6 is 0 Å². The molecule has 4 heteroatoms. The maximum absolute atomic E-state index is 11.5. The van der Waals surface area contributed by atoms with Crippen molar-refractivity contribution in [1.29, 1.82) is 0 Å². The Morgan fingerprint density at radius 3 is 2.24 bits per heavy atom. The van der Waals surface area contributed by atoms with Crippen LogP contribution in [0.4, 0.5) is 0 Å². The second-order valence-electron chi connectivity index (χ2n) is 16.5. The number of aliphatic hydroxyl groups excluding tert-OH is 2. The van der Waals surface area contributed by atoms with Crippen molar-refractivity contribution in [3.8, 4) is 0 Å². The molecule has 0 saturated heterocycles. The standard InChI is InChI=1S/C33H62O3Si/c1-22(21-36-37(8,9)31(3,4)5)11-10-12-23(2)30-29(35)20-28-26-14-13-24-19-25(34)15-17-32(24,6)27(26)16-18-33(28,30)7/h22-30,34-35H,10-21H2,1-9H3/t22-,23-,24+,25+,26-,27+,28+,29+,30+,32+,33+/m1/s1. The molecule has 0 aromatic carbocycles. The van der Waals surface area contributed by atoms with Crippen LogP contribution in [0.15, 0.2) is 0 Å². The Bertz CT molecular complexity index is 776.